The molecule has 1 saturated heterocycles. The first-order chi connectivity index (χ1) is 10.2. The predicted molar refractivity (Wildman–Crippen MR) is 91.4 cm³/mol. The number of piperidine rings is 1. The molecule has 0 saturated carbocycles. The van der Waals surface area contributed by atoms with Gasteiger partial charge in [-0.3, -0.25) is 0 Å². The third-order valence-corrected chi connectivity index (χ3v) is 5.31. The zero-order valence-corrected chi connectivity index (χ0v) is 13.6. The van der Waals surface area contributed by atoms with E-state index in [1.165, 1.54) is 29.7 Å². The molecule has 1 atom stereocenters. The molecule has 0 bridgehead atoms. The lowest BCUT2D eigenvalue weighted by atomic mass is 10.1. The van der Waals surface area contributed by atoms with Gasteiger partial charge in [-0.15, -0.1) is 11.3 Å². The van der Waals surface area contributed by atoms with Crippen molar-refractivity contribution in [2.75, 3.05) is 23.3 Å². The molecule has 112 valence electrons. The molecule has 0 spiro atoms. The molecule has 21 heavy (non-hydrogen) atoms. The van der Waals surface area contributed by atoms with E-state index in [1.54, 1.807) is 0 Å². The second-order valence-electron chi connectivity index (χ2n) is 5.79. The molecule has 4 heteroatoms. The fraction of sp³-hybridized carbons (Fsp3) is 0.471. The Balaban J connectivity index is 1.65. The Morgan fingerprint density at radius 3 is 2.62 bits per heavy atom. The summed E-state index contributed by atoms with van der Waals surface area (Å²) in [7, 11) is 0. The number of nitrogens with zero attached hydrogens (tertiary/aromatic N) is 2. The van der Waals surface area contributed by atoms with Crippen LogP contribution in [0.5, 0.6) is 0 Å². The number of nitrogens with one attached hydrogen (secondary N) is 1. The first kappa shape index (κ1) is 14.4. The van der Waals surface area contributed by atoms with Crippen molar-refractivity contribution in [3.8, 4) is 0 Å². The van der Waals surface area contributed by atoms with Crippen LogP contribution >= 0.6 is 11.3 Å². The van der Waals surface area contributed by atoms with Gasteiger partial charge in [-0.2, -0.15) is 0 Å². The highest BCUT2D eigenvalue weighted by Crippen LogP contribution is 2.27. The van der Waals surface area contributed by atoms with Crippen molar-refractivity contribution < 1.29 is 0 Å². The van der Waals surface area contributed by atoms with Gasteiger partial charge < -0.3 is 10.2 Å². The van der Waals surface area contributed by atoms with Gasteiger partial charge in [0, 0.05) is 18.0 Å². The minimum absolute atomic E-state index is 0.327. The third kappa shape index (κ3) is 3.38. The van der Waals surface area contributed by atoms with E-state index in [0.29, 0.717) is 6.04 Å². The van der Waals surface area contributed by atoms with E-state index in [0.717, 1.165) is 24.6 Å². The number of hydrogen-bond donors (Lipinski definition) is 1. The minimum Gasteiger partial charge on any atom is -0.376 e. The second-order valence-corrected chi connectivity index (χ2v) is 6.73. The zero-order valence-electron chi connectivity index (χ0n) is 12.8. The molecule has 1 unspecified atom stereocenters. The molecule has 1 fully saturated rings. The van der Waals surface area contributed by atoms with Crippen molar-refractivity contribution in [3.63, 3.8) is 0 Å². The van der Waals surface area contributed by atoms with Crippen LogP contribution in [0, 0.1) is 6.92 Å². The Morgan fingerprint density at radius 1 is 1.19 bits per heavy atom. The molecule has 2 aromatic heterocycles. The Labute approximate surface area is 131 Å². The number of pyridine rings is 1. The number of aromatic nitrogens is 1. The van der Waals surface area contributed by atoms with E-state index in [2.05, 4.69) is 52.6 Å². The van der Waals surface area contributed by atoms with Gasteiger partial charge in [0.1, 0.15) is 5.82 Å². The SMILES string of the molecule is Cc1ccsc1C(C)Nc1ccc(N2CCCCC2)nc1. The fourth-order valence-corrected chi connectivity index (χ4v) is 3.86. The van der Waals surface area contributed by atoms with Crippen LogP contribution in [0.15, 0.2) is 29.8 Å². The molecular weight excluding hydrogens is 278 g/mol. The molecule has 3 nitrogen and oxygen atoms in total. The molecule has 3 rings (SSSR count). The molecule has 3 heterocycles. The Hall–Kier alpha value is -1.55. The van der Waals surface area contributed by atoms with Gasteiger partial charge >= 0.3 is 0 Å². The fourth-order valence-electron chi connectivity index (χ4n) is 2.93. The summed E-state index contributed by atoms with van der Waals surface area (Å²) in [6.07, 6.45) is 5.89. The summed E-state index contributed by atoms with van der Waals surface area (Å²) in [4.78, 5) is 8.41. The highest BCUT2D eigenvalue weighted by atomic mass is 32.1. The van der Waals surface area contributed by atoms with Crippen LogP contribution in [0.2, 0.25) is 0 Å². The maximum absolute atomic E-state index is 4.63. The van der Waals surface area contributed by atoms with Gasteiger partial charge in [-0.25, -0.2) is 4.98 Å². The van der Waals surface area contributed by atoms with Crippen LogP contribution in [-0.2, 0) is 0 Å². The first-order valence-corrected chi connectivity index (χ1v) is 8.63. The van der Waals surface area contributed by atoms with E-state index in [1.807, 2.05) is 17.5 Å². The smallest absolute Gasteiger partial charge is 0.128 e. The molecular formula is C17H23N3S. The molecule has 0 aliphatic carbocycles. The van der Waals surface area contributed by atoms with Crippen LogP contribution in [0.25, 0.3) is 0 Å². The minimum atomic E-state index is 0.327. The van der Waals surface area contributed by atoms with Gasteiger partial charge in [-0.05, 0) is 62.3 Å². The average Bonchev–Trinajstić information content (AvgIpc) is 2.95. The largest absolute Gasteiger partial charge is 0.376 e. The van der Waals surface area contributed by atoms with Crippen LogP contribution in [-0.4, -0.2) is 18.1 Å². The van der Waals surface area contributed by atoms with Crippen LogP contribution in [0.3, 0.4) is 0 Å². The number of hydrogen-bond acceptors (Lipinski definition) is 4. The summed E-state index contributed by atoms with van der Waals surface area (Å²) in [5.41, 5.74) is 2.45. The normalized spacial score (nSPS) is 16.8. The molecule has 0 aromatic carbocycles. The number of anilines is 2. The topological polar surface area (TPSA) is 28.2 Å². The van der Waals surface area contributed by atoms with Crippen molar-refractivity contribution in [1.29, 1.82) is 0 Å². The predicted octanol–water partition coefficient (Wildman–Crippen LogP) is 4.61. The summed E-state index contributed by atoms with van der Waals surface area (Å²) < 4.78 is 0. The Bertz CT molecular complexity index is 570. The van der Waals surface area contributed by atoms with Gasteiger partial charge in [0.2, 0.25) is 0 Å². The Kier molecular flexibility index (Phi) is 4.44. The van der Waals surface area contributed by atoms with E-state index < -0.39 is 0 Å². The monoisotopic (exact) mass is 301 g/mol. The molecule has 2 aromatic rings. The maximum atomic E-state index is 4.63. The lowest BCUT2D eigenvalue weighted by molar-refractivity contribution is 0.573. The molecule has 1 aliphatic heterocycles. The van der Waals surface area contributed by atoms with Gasteiger partial charge in [0.25, 0.3) is 0 Å². The van der Waals surface area contributed by atoms with Gasteiger partial charge in [-0.1, -0.05) is 0 Å². The summed E-state index contributed by atoms with van der Waals surface area (Å²) in [5, 5.41) is 5.70. The average molecular weight is 301 g/mol. The number of rotatable bonds is 4. The highest BCUT2D eigenvalue weighted by Gasteiger charge is 2.13. The van der Waals surface area contributed by atoms with Crippen molar-refractivity contribution in [3.05, 3.63) is 40.2 Å². The zero-order chi connectivity index (χ0) is 14.7. The van der Waals surface area contributed by atoms with Gasteiger partial charge in [0.05, 0.1) is 17.9 Å². The van der Waals surface area contributed by atoms with E-state index in [9.17, 15) is 0 Å². The van der Waals surface area contributed by atoms with Crippen molar-refractivity contribution >= 4 is 22.8 Å². The second kappa shape index (κ2) is 6.48. The van der Waals surface area contributed by atoms with E-state index in [-0.39, 0.29) is 0 Å². The van der Waals surface area contributed by atoms with Crippen molar-refractivity contribution in [2.45, 2.75) is 39.2 Å². The first-order valence-electron chi connectivity index (χ1n) is 7.75. The van der Waals surface area contributed by atoms with Crippen LogP contribution < -0.4 is 10.2 Å². The van der Waals surface area contributed by atoms with E-state index in [4.69, 9.17) is 0 Å². The summed E-state index contributed by atoms with van der Waals surface area (Å²) in [6, 6.07) is 6.79. The maximum Gasteiger partial charge on any atom is 0.128 e. The van der Waals surface area contributed by atoms with Crippen LogP contribution in [0.1, 0.15) is 42.7 Å². The van der Waals surface area contributed by atoms with E-state index >= 15 is 0 Å². The molecule has 0 amide bonds. The summed E-state index contributed by atoms with van der Waals surface area (Å²) in [5.74, 6) is 1.11. The lowest BCUT2D eigenvalue weighted by Gasteiger charge is -2.27. The Morgan fingerprint density at radius 2 is 2.00 bits per heavy atom. The number of thiophene rings is 1. The molecule has 0 radical (unpaired) electrons. The number of aryl methyl sites for hydroxylation is 1. The molecule has 1 N–H and O–H groups in total. The highest BCUT2D eigenvalue weighted by molar-refractivity contribution is 7.10. The summed E-state index contributed by atoms with van der Waals surface area (Å²) in [6.45, 7) is 6.66. The third-order valence-electron chi connectivity index (χ3n) is 4.11. The van der Waals surface area contributed by atoms with Gasteiger partial charge in [0.15, 0.2) is 0 Å². The van der Waals surface area contributed by atoms with Crippen molar-refractivity contribution in [1.82, 2.24) is 4.98 Å². The lowest BCUT2D eigenvalue weighted by Crippen LogP contribution is -2.30. The summed E-state index contributed by atoms with van der Waals surface area (Å²) >= 11 is 1.81. The molecule has 1 aliphatic rings. The quantitative estimate of drug-likeness (QED) is 0.893. The standard InChI is InChI=1S/C17H23N3S/c1-13-8-11-21-17(13)14(2)19-15-6-7-16(18-12-15)20-9-4-3-5-10-20/h6-8,11-12,14,19H,3-5,9-10H2,1-2H3. The van der Waals surface area contributed by atoms with Crippen molar-refractivity contribution in [2.24, 2.45) is 0 Å². The van der Waals surface area contributed by atoms with Crippen LogP contribution in [0.4, 0.5) is 11.5 Å².